The molecule has 1 saturated heterocycles. The van der Waals surface area contributed by atoms with Gasteiger partial charge in [0.05, 0.1) is 25.2 Å². The average Bonchev–Trinajstić information content (AvgIpc) is 2.39. The minimum Gasteiger partial charge on any atom is -0.374 e. The Morgan fingerprint density at radius 1 is 1.29 bits per heavy atom. The van der Waals surface area contributed by atoms with E-state index in [1.807, 2.05) is 20.8 Å². The van der Waals surface area contributed by atoms with Crippen LogP contribution in [0.1, 0.15) is 20.8 Å². The van der Waals surface area contributed by atoms with Crippen LogP contribution >= 0.6 is 0 Å². The van der Waals surface area contributed by atoms with Gasteiger partial charge in [-0.1, -0.05) is 6.92 Å². The van der Waals surface area contributed by atoms with Gasteiger partial charge in [-0.15, -0.1) is 0 Å². The Morgan fingerprint density at radius 3 is 2.21 bits per heavy atom. The highest BCUT2D eigenvalue weighted by Crippen LogP contribution is 2.33. The molecule has 0 spiro atoms. The number of hydrogen-bond donors (Lipinski definition) is 0. The van der Waals surface area contributed by atoms with E-state index in [1.54, 1.807) is 7.05 Å². The lowest BCUT2D eigenvalue weighted by Gasteiger charge is -2.22. The van der Waals surface area contributed by atoms with E-state index in [0.29, 0.717) is 0 Å². The van der Waals surface area contributed by atoms with Gasteiger partial charge >= 0.3 is 0 Å². The molecule has 4 atom stereocenters. The third-order valence-electron chi connectivity index (χ3n) is 3.11. The molecule has 1 fully saturated rings. The van der Waals surface area contributed by atoms with Crippen molar-refractivity contribution in [3.63, 3.8) is 0 Å². The molecule has 1 aliphatic heterocycles. The number of carbonyl (C=O) groups is 1. The Balaban J connectivity index is 2.72. The van der Waals surface area contributed by atoms with Gasteiger partial charge in [-0.25, -0.2) is 5.06 Å². The fourth-order valence-electron chi connectivity index (χ4n) is 1.99. The number of carbonyl (C=O) groups excluding carboxylic acids is 1. The van der Waals surface area contributed by atoms with Gasteiger partial charge in [0.15, 0.2) is 0 Å². The molecule has 0 N–H and O–H groups in total. The maximum Gasteiger partial charge on any atom is 0.251 e. The van der Waals surface area contributed by atoms with Gasteiger partial charge in [0.25, 0.3) is 5.91 Å². The first-order valence-electron chi connectivity index (χ1n) is 4.96. The second-order valence-corrected chi connectivity index (χ2v) is 3.95. The zero-order valence-corrected chi connectivity index (χ0v) is 9.48. The molecule has 1 heterocycles. The van der Waals surface area contributed by atoms with E-state index in [2.05, 4.69) is 0 Å². The summed E-state index contributed by atoms with van der Waals surface area (Å²) in [5, 5.41) is 1.28. The van der Waals surface area contributed by atoms with Crippen LogP contribution in [0.25, 0.3) is 0 Å². The molecular weight excluding hydrogens is 182 g/mol. The molecule has 1 rings (SSSR count). The molecule has 1 aliphatic rings. The molecule has 14 heavy (non-hydrogen) atoms. The van der Waals surface area contributed by atoms with Crippen LogP contribution < -0.4 is 0 Å². The van der Waals surface area contributed by atoms with Gasteiger partial charge in [-0.2, -0.15) is 0 Å². The summed E-state index contributed by atoms with van der Waals surface area (Å²) in [6, 6.07) is 0. The second-order valence-electron chi connectivity index (χ2n) is 3.95. The third-order valence-corrected chi connectivity index (χ3v) is 3.11. The van der Waals surface area contributed by atoms with E-state index in [4.69, 9.17) is 9.57 Å². The van der Waals surface area contributed by atoms with Crippen molar-refractivity contribution in [2.75, 3.05) is 14.2 Å². The van der Waals surface area contributed by atoms with E-state index in [0.717, 1.165) is 0 Å². The minimum absolute atomic E-state index is 0.00292. The zero-order chi connectivity index (χ0) is 10.9. The topological polar surface area (TPSA) is 38.8 Å². The van der Waals surface area contributed by atoms with E-state index in [1.165, 1.54) is 12.2 Å². The zero-order valence-electron chi connectivity index (χ0n) is 9.48. The standard InChI is InChI=1S/C10H19NO3/c1-6-7(2)14-8(3)9(6)10(12)11(4)13-5/h6-9H,1-5H3. The second kappa shape index (κ2) is 4.28. The van der Waals surface area contributed by atoms with Gasteiger partial charge in [-0.05, 0) is 19.8 Å². The van der Waals surface area contributed by atoms with Crippen molar-refractivity contribution in [2.24, 2.45) is 11.8 Å². The number of hydroxylamine groups is 2. The van der Waals surface area contributed by atoms with Crippen LogP contribution in [0.2, 0.25) is 0 Å². The van der Waals surface area contributed by atoms with Crippen molar-refractivity contribution < 1.29 is 14.4 Å². The van der Waals surface area contributed by atoms with Crippen molar-refractivity contribution in [1.29, 1.82) is 0 Å². The summed E-state index contributed by atoms with van der Waals surface area (Å²) in [6.07, 6.45) is 0.120. The van der Waals surface area contributed by atoms with Crippen molar-refractivity contribution in [3.05, 3.63) is 0 Å². The Kier molecular flexibility index (Phi) is 3.50. The van der Waals surface area contributed by atoms with Crippen molar-refractivity contribution >= 4 is 5.91 Å². The Hall–Kier alpha value is -0.610. The molecule has 0 aromatic rings. The Bertz CT molecular complexity index is 219. The number of nitrogens with zero attached hydrogens (tertiary/aromatic N) is 1. The first-order valence-corrected chi connectivity index (χ1v) is 4.96. The summed E-state index contributed by atoms with van der Waals surface area (Å²) >= 11 is 0. The van der Waals surface area contributed by atoms with Crippen LogP contribution in [0.15, 0.2) is 0 Å². The summed E-state index contributed by atoms with van der Waals surface area (Å²) in [4.78, 5) is 16.7. The molecule has 0 aromatic carbocycles. The highest BCUT2D eigenvalue weighted by molar-refractivity contribution is 5.78. The number of hydrogen-bond acceptors (Lipinski definition) is 3. The average molecular weight is 201 g/mol. The van der Waals surface area contributed by atoms with Crippen LogP contribution in [0.4, 0.5) is 0 Å². The molecule has 0 saturated carbocycles. The van der Waals surface area contributed by atoms with Gasteiger partial charge in [0.1, 0.15) is 0 Å². The van der Waals surface area contributed by atoms with E-state index in [9.17, 15) is 4.79 Å². The molecule has 0 radical (unpaired) electrons. The summed E-state index contributed by atoms with van der Waals surface area (Å²) in [5.41, 5.74) is 0. The predicted octanol–water partition coefficient (Wildman–Crippen LogP) is 1.07. The number of ether oxygens (including phenoxy) is 1. The van der Waals surface area contributed by atoms with Crippen LogP contribution in [-0.4, -0.2) is 37.3 Å². The van der Waals surface area contributed by atoms with Crippen molar-refractivity contribution in [3.8, 4) is 0 Å². The summed E-state index contributed by atoms with van der Waals surface area (Å²) in [7, 11) is 3.12. The quantitative estimate of drug-likeness (QED) is 0.627. The summed E-state index contributed by atoms with van der Waals surface area (Å²) in [5.74, 6) is 0.155. The fourth-order valence-corrected chi connectivity index (χ4v) is 1.99. The first kappa shape index (κ1) is 11.5. The molecule has 1 amide bonds. The predicted molar refractivity (Wildman–Crippen MR) is 52.4 cm³/mol. The maximum absolute atomic E-state index is 11.9. The molecule has 82 valence electrons. The maximum atomic E-state index is 11.9. The first-order chi connectivity index (χ1) is 6.49. The highest BCUT2D eigenvalue weighted by atomic mass is 16.7. The third kappa shape index (κ3) is 1.91. The molecule has 0 aromatic heterocycles. The number of amides is 1. The number of rotatable bonds is 2. The van der Waals surface area contributed by atoms with Crippen LogP contribution in [0.5, 0.6) is 0 Å². The van der Waals surface area contributed by atoms with Crippen LogP contribution in [0, 0.1) is 11.8 Å². The van der Waals surface area contributed by atoms with Gasteiger partial charge in [0.2, 0.25) is 0 Å². The van der Waals surface area contributed by atoms with E-state index in [-0.39, 0.29) is 30.0 Å². The van der Waals surface area contributed by atoms with Crippen molar-refractivity contribution in [2.45, 2.75) is 33.0 Å². The largest absolute Gasteiger partial charge is 0.374 e. The SMILES string of the molecule is CON(C)C(=O)C1C(C)OC(C)C1C. The molecule has 0 aliphatic carbocycles. The molecule has 4 unspecified atom stereocenters. The van der Waals surface area contributed by atoms with Gasteiger partial charge in [0, 0.05) is 7.05 Å². The highest BCUT2D eigenvalue weighted by Gasteiger charge is 2.42. The molecule has 4 heteroatoms. The molecule has 4 nitrogen and oxygen atoms in total. The van der Waals surface area contributed by atoms with Gasteiger partial charge < -0.3 is 4.74 Å². The monoisotopic (exact) mass is 201 g/mol. The Morgan fingerprint density at radius 2 is 1.86 bits per heavy atom. The van der Waals surface area contributed by atoms with E-state index < -0.39 is 0 Å². The lowest BCUT2D eigenvalue weighted by Crippen LogP contribution is -2.38. The molecule has 0 bridgehead atoms. The normalized spacial score (nSPS) is 37.2. The lowest BCUT2D eigenvalue weighted by atomic mass is 9.89. The summed E-state index contributed by atoms with van der Waals surface area (Å²) in [6.45, 7) is 5.98. The smallest absolute Gasteiger partial charge is 0.251 e. The summed E-state index contributed by atoms with van der Waals surface area (Å²) < 4.78 is 5.60. The Labute approximate surface area is 85.1 Å². The molecular formula is C10H19NO3. The van der Waals surface area contributed by atoms with Crippen molar-refractivity contribution in [1.82, 2.24) is 5.06 Å². The van der Waals surface area contributed by atoms with Crippen LogP contribution in [0.3, 0.4) is 0 Å². The lowest BCUT2D eigenvalue weighted by molar-refractivity contribution is -0.175. The minimum atomic E-state index is -0.0880. The van der Waals surface area contributed by atoms with Crippen LogP contribution in [-0.2, 0) is 14.4 Å². The fraction of sp³-hybridized carbons (Fsp3) is 0.900. The van der Waals surface area contributed by atoms with E-state index >= 15 is 0 Å². The van der Waals surface area contributed by atoms with Gasteiger partial charge in [-0.3, -0.25) is 9.63 Å².